The van der Waals surface area contributed by atoms with E-state index in [9.17, 15) is 4.79 Å². The highest BCUT2D eigenvalue weighted by molar-refractivity contribution is 6.35. The number of pyridine rings is 1. The van der Waals surface area contributed by atoms with Crippen LogP contribution in [0.5, 0.6) is 0 Å². The Hall–Kier alpha value is -2.36. The van der Waals surface area contributed by atoms with Gasteiger partial charge in [0.1, 0.15) is 0 Å². The number of hydrogen-bond donors (Lipinski definition) is 1. The van der Waals surface area contributed by atoms with E-state index in [1.54, 1.807) is 24.4 Å². The summed E-state index contributed by atoms with van der Waals surface area (Å²) in [5, 5.41) is 3.80. The van der Waals surface area contributed by atoms with Gasteiger partial charge in [-0.25, -0.2) is 0 Å². The molecule has 2 aromatic carbocycles. The van der Waals surface area contributed by atoms with Crippen molar-refractivity contribution >= 4 is 29.1 Å². The minimum Gasteiger partial charge on any atom is -0.339 e. The molecule has 0 fully saturated rings. The third kappa shape index (κ3) is 3.75. The maximum Gasteiger partial charge on any atom is 0.253 e. The summed E-state index contributed by atoms with van der Waals surface area (Å²) in [6, 6.07) is 19.7. The van der Waals surface area contributed by atoms with Crippen LogP contribution in [0.4, 0.5) is 0 Å². The van der Waals surface area contributed by atoms with Crippen molar-refractivity contribution in [2.45, 2.75) is 6.04 Å². The van der Waals surface area contributed by atoms with Gasteiger partial charge < -0.3 is 5.32 Å². The van der Waals surface area contributed by atoms with Gasteiger partial charge >= 0.3 is 0 Å². The summed E-state index contributed by atoms with van der Waals surface area (Å²) in [5.41, 5.74) is 2.01. The summed E-state index contributed by atoms with van der Waals surface area (Å²) < 4.78 is 0. The summed E-state index contributed by atoms with van der Waals surface area (Å²) in [7, 11) is 0. The van der Waals surface area contributed by atoms with E-state index < -0.39 is 0 Å². The standard InChI is InChI=1S/C19H14Cl2N2O/c20-14-9-10-16(21)15(12-14)19(24)23-18(13-6-2-1-3-7-13)17-8-4-5-11-22-17/h1-12,18H,(H,23,24). The quantitative estimate of drug-likeness (QED) is 0.721. The summed E-state index contributed by atoms with van der Waals surface area (Å²) in [4.78, 5) is 17.1. The number of rotatable bonds is 4. The van der Waals surface area contributed by atoms with Crippen molar-refractivity contribution in [2.24, 2.45) is 0 Å². The number of carbonyl (C=O) groups excluding carboxylic acids is 1. The zero-order valence-corrected chi connectivity index (χ0v) is 14.1. The molecule has 0 aliphatic carbocycles. The highest BCUT2D eigenvalue weighted by Gasteiger charge is 2.20. The van der Waals surface area contributed by atoms with Crippen LogP contribution in [0.15, 0.2) is 72.9 Å². The second-order valence-electron chi connectivity index (χ2n) is 5.20. The van der Waals surface area contributed by atoms with Gasteiger partial charge in [0.2, 0.25) is 0 Å². The molecule has 1 N–H and O–H groups in total. The molecule has 0 spiro atoms. The Balaban J connectivity index is 1.95. The van der Waals surface area contributed by atoms with E-state index in [0.717, 1.165) is 11.3 Å². The molecule has 0 bridgehead atoms. The molecule has 24 heavy (non-hydrogen) atoms. The van der Waals surface area contributed by atoms with Gasteiger partial charge in [-0.3, -0.25) is 9.78 Å². The molecule has 5 heteroatoms. The fraction of sp³-hybridized carbons (Fsp3) is 0.0526. The molecule has 3 aromatic rings. The lowest BCUT2D eigenvalue weighted by Crippen LogP contribution is -2.30. The topological polar surface area (TPSA) is 42.0 Å². The lowest BCUT2D eigenvalue weighted by molar-refractivity contribution is 0.0942. The van der Waals surface area contributed by atoms with Crippen LogP contribution in [0.1, 0.15) is 27.7 Å². The predicted octanol–water partition coefficient (Wildman–Crippen LogP) is 4.91. The highest BCUT2D eigenvalue weighted by Crippen LogP contribution is 2.24. The van der Waals surface area contributed by atoms with E-state index in [4.69, 9.17) is 23.2 Å². The Labute approximate surface area is 150 Å². The molecule has 1 aromatic heterocycles. The fourth-order valence-corrected chi connectivity index (χ4v) is 2.78. The van der Waals surface area contributed by atoms with Crippen molar-refractivity contribution in [3.8, 4) is 0 Å². The highest BCUT2D eigenvalue weighted by atomic mass is 35.5. The van der Waals surface area contributed by atoms with Gasteiger partial charge in [-0.05, 0) is 35.9 Å². The van der Waals surface area contributed by atoms with Crippen LogP contribution in [0.3, 0.4) is 0 Å². The maximum atomic E-state index is 12.7. The average Bonchev–Trinajstić information content (AvgIpc) is 2.63. The SMILES string of the molecule is O=C(NC(c1ccccc1)c1ccccn1)c1cc(Cl)ccc1Cl. The van der Waals surface area contributed by atoms with Crippen LogP contribution in [0.2, 0.25) is 10.0 Å². The maximum absolute atomic E-state index is 12.7. The van der Waals surface area contributed by atoms with Gasteiger partial charge in [0, 0.05) is 11.2 Å². The van der Waals surface area contributed by atoms with Crippen molar-refractivity contribution in [2.75, 3.05) is 0 Å². The Bertz CT molecular complexity index is 799. The van der Waals surface area contributed by atoms with Gasteiger partial charge in [-0.2, -0.15) is 0 Å². The van der Waals surface area contributed by atoms with Crippen LogP contribution in [0, 0.1) is 0 Å². The van der Waals surface area contributed by atoms with E-state index in [1.165, 1.54) is 0 Å². The molecule has 120 valence electrons. The number of amides is 1. The number of carbonyl (C=O) groups is 1. The zero-order valence-electron chi connectivity index (χ0n) is 12.6. The molecular formula is C19H14Cl2N2O. The summed E-state index contributed by atoms with van der Waals surface area (Å²) >= 11 is 12.1. The van der Waals surface area contributed by atoms with E-state index in [0.29, 0.717) is 15.6 Å². The fourth-order valence-electron chi connectivity index (χ4n) is 2.40. The predicted molar refractivity (Wildman–Crippen MR) is 96.5 cm³/mol. The lowest BCUT2D eigenvalue weighted by atomic mass is 10.0. The van der Waals surface area contributed by atoms with E-state index in [1.807, 2.05) is 48.5 Å². The number of nitrogens with one attached hydrogen (secondary N) is 1. The summed E-state index contributed by atoms with van der Waals surface area (Å²) in [6.07, 6.45) is 1.70. The van der Waals surface area contributed by atoms with Gasteiger partial charge in [0.05, 0.1) is 22.3 Å². The van der Waals surface area contributed by atoms with E-state index >= 15 is 0 Å². The Morgan fingerprint density at radius 1 is 0.958 bits per heavy atom. The second-order valence-corrected chi connectivity index (χ2v) is 6.04. The first-order valence-electron chi connectivity index (χ1n) is 7.37. The van der Waals surface area contributed by atoms with Gasteiger partial charge in [-0.1, -0.05) is 59.6 Å². The molecule has 3 rings (SSSR count). The molecule has 0 saturated heterocycles. The number of hydrogen-bond acceptors (Lipinski definition) is 2. The number of aromatic nitrogens is 1. The number of nitrogens with zero attached hydrogens (tertiary/aromatic N) is 1. The van der Waals surface area contributed by atoms with Gasteiger partial charge in [0.15, 0.2) is 0 Å². The van der Waals surface area contributed by atoms with E-state index in [-0.39, 0.29) is 11.9 Å². The van der Waals surface area contributed by atoms with Crippen LogP contribution < -0.4 is 5.32 Å². The molecule has 0 saturated carbocycles. The van der Waals surface area contributed by atoms with Crippen molar-refractivity contribution in [1.29, 1.82) is 0 Å². The van der Waals surface area contributed by atoms with Crippen molar-refractivity contribution in [3.63, 3.8) is 0 Å². The molecule has 1 amide bonds. The second kappa shape index (κ2) is 7.47. The molecule has 0 radical (unpaired) electrons. The smallest absolute Gasteiger partial charge is 0.253 e. The molecule has 0 aliphatic rings. The third-order valence-electron chi connectivity index (χ3n) is 3.56. The molecule has 1 unspecified atom stereocenters. The van der Waals surface area contributed by atoms with Gasteiger partial charge in [-0.15, -0.1) is 0 Å². The summed E-state index contributed by atoms with van der Waals surface area (Å²) in [6.45, 7) is 0. The minimum atomic E-state index is -0.380. The minimum absolute atomic E-state index is 0.304. The van der Waals surface area contributed by atoms with Crippen LogP contribution >= 0.6 is 23.2 Å². The van der Waals surface area contributed by atoms with Gasteiger partial charge in [0.25, 0.3) is 5.91 Å². The lowest BCUT2D eigenvalue weighted by Gasteiger charge is -2.19. The monoisotopic (exact) mass is 356 g/mol. The van der Waals surface area contributed by atoms with E-state index in [2.05, 4.69) is 10.3 Å². The first-order valence-corrected chi connectivity index (χ1v) is 8.12. The molecular weight excluding hydrogens is 343 g/mol. The van der Waals surface area contributed by atoms with Crippen LogP contribution in [-0.2, 0) is 0 Å². The molecule has 1 atom stereocenters. The Kier molecular flexibility index (Phi) is 5.14. The average molecular weight is 357 g/mol. The number of benzene rings is 2. The molecule has 1 heterocycles. The molecule has 3 nitrogen and oxygen atoms in total. The Morgan fingerprint density at radius 3 is 2.42 bits per heavy atom. The third-order valence-corrected chi connectivity index (χ3v) is 4.13. The van der Waals surface area contributed by atoms with Crippen molar-refractivity contribution < 1.29 is 4.79 Å². The Morgan fingerprint density at radius 2 is 1.71 bits per heavy atom. The normalized spacial score (nSPS) is 11.8. The van der Waals surface area contributed by atoms with Crippen molar-refractivity contribution in [3.05, 3.63) is 99.8 Å². The molecule has 0 aliphatic heterocycles. The van der Waals surface area contributed by atoms with Crippen LogP contribution in [-0.4, -0.2) is 10.9 Å². The largest absolute Gasteiger partial charge is 0.339 e. The summed E-state index contributed by atoms with van der Waals surface area (Å²) in [5.74, 6) is -0.304. The van der Waals surface area contributed by atoms with Crippen molar-refractivity contribution in [1.82, 2.24) is 10.3 Å². The first kappa shape index (κ1) is 16.5. The first-order chi connectivity index (χ1) is 11.6. The number of halogens is 2. The zero-order chi connectivity index (χ0) is 16.9. The van der Waals surface area contributed by atoms with Crippen LogP contribution in [0.25, 0.3) is 0 Å².